The van der Waals surface area contributed by atoms with E-state index in [4.69, 9.17) is 30.0 Å². The SMILES string of the molecule is O=C(O)O.O=C(O)O.[Mg+2].[Na+].[Na+].[O-2]. The minimum absolute atomic E-state index is 0. The Labute approximate surface area is 128 Å². The second kappa shape index (κ2) is 29.5. The minimum atomic E-state index is -1.83. The fraction of sp³-hybridized carbons (Fsp3) is 0. The van der Waals surface area contributed by atoms with Crippen LogP contribution in [0.2, 0.25) is 0 Å². The fourth-order valence-corrected chi connectivity index (χ4v) is 0. The Morgan fingerprint density at radius 1 is 0.750 bits per heavy atom. The molecule has 0 bridgehead atoms. The molecule has 0 heterocycles. The molecule has 0 aliphatic rings. The van der Waals surface area contributed by atoms with Gasteiger partial charge in [-0.1, -0.05) is 0 Å². The van der Waals surface area contributed by atoms with Gasteiger partial charge in [0.05, 0.1) is 0 Å². The van der Waals surface area contributed by atoms with Gasteiger partial charge in [0.25, 0.3) is 0 Å². The largest absolute Gasteiger partial charge is 2.00 e. The third-order valence-electron chi connectivity index (χ3n) is 0. The van der Waals surface area contributed by atoms with Gasteiger partial charge in [0.1, 0.15) is 0 Å². The second-order valence-electron chi connectivity index (χ2n) is 0.565. The molecule has 0 aliphatic heterocycles. The number of hydrogen-bond donors (Lipinski definition) is 4. The predicted octanol–water partition coefficient (Wildman–Crippen LogP) is -6.05. The normalized spacial score (nSPS) is 4.00. The van der Waals surface area contributed by atoms with E-state index in [2.05, 4.69) is 0 Å². The van der Waals surface area contributed by atoms with Gasteiger partial charge in [0, 0.05) is 0 Å². The van der Waals surface area contributed by atoms with Crippen LogP contribution >= 0.6 is 0 Å². The van der Waals surface area contributed by atoms with Crippen molar-refractivity contribution in [3.05, 3.63) is 0 Å². The molecule has 0 fully saturated rings. The molecule has 0 atom stereocenters. The van der Waals surface area contributed by atoms with Crippen molar-refractivity contribution in [1.29, 1.82) is 0 Å². The molecular formula is C2H4MgNa2O7+2. The first-order chi connectivity index (χ1) is 3.46. The minimum Gasteiger partial charge on any atom is -2.00 e. The first-order valence-corrected chi connectivity index (χ1v) is 1.30. The molecule has 0 aromatic heterocycles. The maximum Gasteiger partial charge on any atom is 2.00 e. The van der Waals surface area contributed by atoms with Crippen molar-refractivity contribution in [2.45, 2.75) is 0 Å². The van der Waals surface area contributed by atoms with Crippen LogP contribution < -0.4 is 59.1 Å². The zero-order chi connectivity index (χ0) is 7.15. The summed E-state index contributed by atoms with van der Waals surface area (Å²) in [4.78, 5) is 17.1. The molecule has 0 rings (SSSR count). The van der Waals surface area contributed by atoms with E-state index >= 15 is 0 Å². The molecule has 0 amide bonds. The number of carboxylic acid groups (broad SMARTS) is 4. The summed E-state index contributed by atoms with van der Waals surface area (Å²) >= 11 is 0. The molecule has 0 radical (unpaired) electrons. The smallest absolute Gasteiger partial charge is 2.00 e. The molecule has 10 heteroatoms. The van der Waals surface area contributed by atoms with Gasteiger partial charge >= 0.3 is 94.5 Å². The first kappa shape index (κ1) is 37.8. The standard InChI is InChI=1S/2CH2O3.Mg.2Na.O/c2*2-1(3)4;;;;/h2*(H2,2,3,4);;;;/q;;+2;2*+1;-2. The van der Waals surface area contributed by atoms with Crippen LogP contribution in [-0.4, -0.2) is 55.8 Å². The van der Waals surface area contributed by atoms with Crippen molar-refractivity contribution in [1.82, 2.24) is 0 Å². The van der Waals surface area contributed by atoms with Gasteiger partial charge in [0.2, 0.25) is 0 Å². The van der Waals surface area contributed by atoms with E-state index in [0.717, 1.165) is 0 Å². The summed E-state index contributed by atoms with van der Waals surface area (Å²) in [6.45, 7) is 0. The van der Waals surface area contributed by atoms with Gasteiger partial charge in [0.15, 0.2) is 0 Å². The molecule has 4 N–H and O–H groups in total. The second-order valence-corrected chi connectivity index (χ2v) is 0.565. The van der Waals surface area contributed by atoms with Crippen molar-refractivity contribution < 1.29 is 94.6 Å². The zero-order valence-electron chi connectivity index (χ0n) is 6.72. The van der Waals surface area contributed by atoms with Crippen LogP contribution in [0.1, 0.15) is 0 Å². The van der Waals surface area contributed by atoms with Gasteiger partial charge in [-0.05, 0) is 0 Å². The van der Waals surface area contributed by atoms with Gasteiger partial charge in [-0.2, -0.15) is 0 Å². The van der Waals surface area contributed by atoms with Crippen LogP contribution in [0.25, 0.3) is 0 Å². The maximum absolute atomic E-state index is 8.56. The van der Waals surface area contributed by atoms with Gasteiger partial charge in [-0.25, -0.2) is 9.59 Å². The van der Waals surface area contributed by atoms with Crippen molar-refractivity contribution in [2.24, 2.45) is 0 Å². The van der Waals surface area contributed by atoms with E-state index in [1.165, 1.54) is 0 Å². The summed E-state index contributed by atoms with van der Waals surface area (Å²) in [7, 11) is 0. The summed E-state index contributed by atoms with van der Waals surface area (Å²) in [5.41, 5.74) is 0. The Morgan fingerprint density at radius 2 is 0.750 bits per heavy atom. The van der Waals surface area contributed by atoms with E-state index in [1.54, 1.807) is 0 Å². The Kier molecular flexibility index (Phi) is 92.9. The number of rotatable bonds is 0. The molecule has 0 saturated heterocycles. The molecule has 0 aromatic carbocycles. The number of hydrogen-bond acceptors (Lipinski definition) is 2. The first-order valence-electron chi connectivity index (χ1n) is 1.30. The van der Waals surface area contributed by atoms with E-state index in [9.17, 15) is 0 Å². The van der Waals surface area contributed by atoms with Crippen LogP contribution in [0.15, 0.2) is 0 Å². The van der Waals surface area contributed by atoms with Crippen molar-refractivity contribution >= 4 is 35.4 Å². The molecule has 0 spiro atoms. The summed E-state index contributed by atoms with van der Waals surface area (Å²) in [6.07, 6.45) is -3.67. The van der Waals surface area contributed by atoms with Crippen molar-refractivity contribution in [3.63, 3.8) is 0 Å². The third-order valence-corrected chi connectivity index (χ3v) is 0. The zero-order valence-corrected chi connectivity index (χ0v) is 12.1. The van der Waals surface area contributed by atoms with E-state index in [-0.39, 0.29) is 87.6 Å². The molecule has 0 unspecified atom stereocenters. The molecular weight excluding hydrogens is 206 g/mol. The van der Waals surface area contributed by atoms with Crippen molar-refractivity contribution in [3.8, 4) is 0 Å². The maximum atomic E-state index is 8.56. The Hall–Kier alpha value is 1.27. The monoisotopic (exact) mass is 210 g/mol. The quantitative estimate of drug-likeness (QED) is 0.293. The molecule has 7 nitrogen and oxygen atoms in total. The van der Waals surface area contributed by atoms with Gasteiger partial charge in [-0.3, -0.25) is 0 Å². The average molecular weight is 210 g/mol. The number of carbonyl (C=O) groups is 2. The van der Waals surface area contributed by atoms with E-state index in [0.29, 0.717) is 0 Å². The van der Waals surface area contributed by atoms with Crippen LogP contribution in [0, 0.1) is 0 Å². The van der Waals surface area contributed by atoms with Crippen LogP contribution in [0.4, 0.5) is 9.59 Å². The average Bonchev–Trinajstić information content (AvgIpc) is 1.25. The molecule has 0 aliphatic carbocycles. The molecule has 0 saturated carbocycles. The van der Waals surface area contributed by atoms with E-state index in [1.807, 2.05) is 0 Å². The topological polar surface area (TPSA) is 144 Å². The Bertz CT molecular complexity index is 77.4. The summed E-state index contributed by atoms with van der Waals surface area (Å²) in [5, 5.41) is 27.9. The molecule has 0 aromatic rings. The van der Waals surface area contributed by atoms with Crippen LogP contribution in [-0.2, 0) is 5.48 Å². The predicted molar refractivity (Wildman–Crippen MR) is 27.7 cm³/mol. The van der Waals surface area contributed by atoms with Crippen LogP contribution in [0.3, 0.4) is 0 Å². The third kappa shape index (κ3) is 741. The fourth-order valence-electron chi connectivity index (χ4n) is 0. The Morgan fingerprint density at radius 3 is 0.750 bits per heavy atom. The van der Waals surface area contributed by atoms with E-state index < -0.39 is 12.3 Å². The van der Waals surface area contributed by atoms with Gasteiger partial charge < -0.3 is 25.9 Å². The Balaban J connectivity index is -0.0000000112. The summed E-state index contributed by atoms with van der Waals surface area (Å²) in [5.74, 6) is 0. The van der Waals surface area contributed by atoms with Crippen molar-refractivity contribution in [2.75, 3.05) is 0 Å². The van der Waals surface area contributed by atoms with Gasteiger partial charge in [-0.15, -0.1) is 0 Å². The summed E-state index contributed by atoms with van der Waals surface area (Å²) in [6, 6.07) is 0. The molecule has 56 valence electrons. The molecule has 12 heavy (non-hydrogen) atoms. The summed E-state index contributed by atoms with van der Waals surface area (Å²) < 4.78 is 0. The van der Waals surface area contributed by atoms with Crippen LogP contribution in [0.5, 0.6) is 0 Å².